The summed E-state index contributed by atoms with van der Waals surface area (Å²) < 4.78 is 13.4. The monoisotopic (exact) mass is 503 g/mol. The number of amides is 1. The molecular weight excluding hydrogens is 470 g/mol. The summed E-state index contributed by atoms with van der Waals surface area (Å²) in [7, 11) is 0. The molecule has 1 aromatic heterocycles. The van der Waals surface area contributed by atoms with Gasteiger partial charge in [0.2, 0.25) is 12.1 Å². The van der Waals surface area contributed by atoms with Gasteiger partial charge in [-0.2, -0.15) is 0 Å². The van der Waals surface area contributed by atoms with E-state index in [1.54, 1.807) is 36.4 Å². The molecule has 2 aromatic carbocycles. The van der Waals surface area contributed by atoms with Gasteiger partial charge in [-0.1, -0.05) is 30.0 Å². The third-order valence-corrected chi connectivity index (χ3v) is 6.00. The fourth-order valence-electron chi connectivity index (χ4n) is 4.44. The van der Waals surface area contributed by atoms with Gasteiger partial charge >= 0.3 is 0 Å². The van der Waals surface area contributed by atoms with Crippen molar-refractivity contribution in [1.29, 1.82) is 0 Å². The van der Waals surface area contributed by atoms with Crippen LogP contribution in [0.4, 0.5) is 0 Å². The number of aromatic nitrogens is 2. The summed E-state index contributed by atoms with van der Waals surface area (Å²) in [4.78, 5) is 30.9. The Morgan fingerprint density at radius 2 is 1.57 bits per heavy atom. The van der Waals surface area contributed by atoms with Crippen LogP contribution in [-0.2, 0) is 16.1 Å². The van der Waals surface area contributed by atoms with Crippen LogP contribution in [0.25, 0.3) is 5.76 Å². The molecular formula is C29H33N3O5. The van der Waals surface area contributed by atoms with Crippen LogP contribution in [0.3, 0.4) is 0 Å². The van der Waals surface area contributed by atoms with Crippen LogP contribution in [0.15, 0.2) is 72.8 Å². The summed E-state index contributed by atoms with van der Waals surface area (Å²) in [5.74, 6) is -0.557. The number of aromatic amines is 1. The summed E-state index contributed by atoms with van der Waals surface area (Å²) in [6.45, 7) is 8.71. The van der Waals surface area contributed by atoms with Gasteiger partial charge in [0.25, 0.3) is 5.91 Å². The first-order chi connectivity index (χ1) is 17.7. The molecule has 194 valence electrons. The summed E-state index contributed by atoms with van der Waals surface area (Å²) in [5, 5.41) is 13.6. The van der Waals surface area contributed by atoms with Crippen molar-refractivity contribution < 1.29 is 28.7 Å². The van der Waals surface area contributed by atoms with Crippen LogP contribution >= 0.6 is 0 Å². The van der Waals surface area contributed by atoms with Crippen molar-refractivity contribution in [3.05, 3.63) is 84.0 Å². The minimum absolute atomic E-state index is 0.00465. The van der Waals surface area contributed by atoms with E-state index < -0.39 is 23.5 Å². The van der Waals surface area contributed by atoms with Crippen LogP contribution < -0.4 is 19.1 Å². The molecule has 1 N–H and O–H groups in total. The molecule has 1 amide bonds. The zero-order valence-corrected chi connectivity index (χ0v) is 21.6. The molecule has 1 unspecified atom stereocenters. The highest BCUT2D eigenvalue weighted by Crippen LogP contribution is 2.39. The quantitative estimate of drug-likeness (QED) is 0.198. The lowest BCUT2D eigenvalue weighted by atomic mass is 9.95. The zero-order chi connectivity index (χ0) is 26.5. The zero-order valence-electron chi connectivity index (χ0n) is 21.6. The lowest BCUT2D eigenvalue weighted by Crippen LogP contribution is -2.36. The predicted molar refractivity (Wildman–Crippen MR) is 136 cm³/mol. The van der Waals surface area contributed by atoms with Crippen molar-refractivity contribution in [3.8, 4) is 11.5 Å². The third kappa shape index (κ3) is 6.02. The molecule has 0 spiro atoms. The molecule has 1 saturated heterocycles. The number of hydrogen-bond acceptors (Lipinski definition) is 5. The fourth-order valence-corrected chi connectivity index (χ4v) is 4.44. The number of ether oxygens (including phenoxy) is 2. The molecule has 1 aliphatic heterocycles. The summed E-state index contributed by atoms with van der Waals surface area (Å²) in [6.07, 6.45) is 6.17. The first kappa shape index (κ1) is 26.0. The maximum atomic E-state index is 13.6. The molecule has 4 rings (SSSR count). The molecule has 0 saturated carbocycles. The minimum Gasteiger partial charge on any atom is -0.872 e. The Kier molecular flexibility index (Phi) is 7.96. The van der Waals surface area contributed by atoms with Crippen LogP contribution in [0.1, 0.15) is 51.3 Å². The molecule has 0 bridgehead atoms. The van der Waals surface area contributed by atoms with Gasteiger partial charge in [-0.25, -0.2) is 4.57 Å². The van der Waals surface area contributed by atoms with Gasteiger partial charge in [-0.3, -0.25) is 14.6 Å². The number of benzene rings is 2. The number of rotatable bonds is 10. The number of imidazole rings is 1. The van der Waals surface area contributed by atoms with E-state index in [9.17, 15) is 14.7 Å². The Hall–Kier alpha value is -4.07. The van der Waals surface area contributed by atoms with Crippen molar-refractivity contribution in [2.45, 2.75) is 58.9 Å². The predicted octanol–water partition coefficient (Wildman–Crippen LogP) is 3.19. The van der Waals surface area contributed by atoms with E-state index in [2.05, 4.69) is 4.98 Å². The van der Waals surface area contributed by atoms with Gasteiger partial charge in [0.1, 0.15) is 23.9 Å². The SMILES string of the molecule is CC(C)Oc1ccc(C([O-])=C2C(=O)C(=O)N(CCC[n+]3cc[nH]c3)C2c2ccc(OC(C)C)cc2)cc1. The standard InChI is InChI=1S/C29H33N3O5/c1-19(2)36-23-10-6-21(7-11-23)26-25(27(33)22-8-12-24(13-9-22)37-20(3)4)28(34)29(35)32(26)16-5-15-31-17-14-30-18-31/h6-14,17-20,26H,5,15-16H2,1-4H3,(H,33,34). The van der Waals surface area contributed by atoms with E-state index in [0.29, 0.717) is 42.1 Å². The van der Waals surface area contributed by atoms with Gasteiger partial charge in [0.15, 0.2) is 0 Å². The van der Waals surface area contributed by atoms with Gasteiger partial charge in [-0.15, -0.1) is 0 Å². The molecule has 8 heteroatoms. The maximum absolute atomic E-state index is 13.6. The average molecular weight is 504 g/mol. The molecule has 0 radical (unpaired) electrons. The number of likely N-dealkylation sites (tertiary alicyclic amines) is 1. The Morgan fingerprint density at radius 1 is 0.973 bits per heavy atom. The Balaban J connectivity index is 1.69. The molecule has 8 nitrogen and oxygen atoms in total. The molecule has 1 atom stereocenters. The highest BCUT2D eigenvalue weighted by molar-refractivity contribution is 6.46. The largest absolute Gasteiger partial charge is 0.872 e. The summed E-state index contributed by atoms with van der Waals surface area (Å²) in [5.41, 5.74) is 0.990. The minimum atomic E-state index is -0.775. The molecule has 37 heavy (non-hydrogen) atoms. The normalized spacial score (nSPS) is 17.1. The fraction of sp³-hybridized carbons (Fsp3) is 0.345. The highest BCUT2D eigenvalue weighted by atomic mass is 16.5. The van der Waals surface area contributed by atoms with E-state index in [1.165, 1.54) is 4.90 Å². The summed E-state index contributed by atoms with van der Waals surface area (Å²) >= 11 is 0. The number of Topliss-reactive ketones (excluding diaryl/α,β-unsaturated/α-hetero) is 1. The Morgan fingerprint density at radius 3 is 2.11 bits per heavy atom. The number of hydrogen-bond donors (Lipinski definition) is 1. The van der Waals surface area contributed by atoms with Crippen molar-refractivity contribution in [2.75, 3.05) is 6.54 Å². The van der Waals surface area contributed by atoms with Crippen molar-refractivity contribution in [1.82, 2.24) is 9.88 Å². The number of carbonyl (C=O) groups excluding carboxylic acids is 2. The van der Waals surface area contributed by atoms with Crippen LogP contribution in [-0.4, -0.2) is 40.3 Å². The Bertz CT molecular complexity index is 1250. The van der Waals surface area contributed by atoms with Crippen molar-refractivity contribution in [3.63, 3.8) is 0 Å². The molecule has 1 fully saturated rings. The smallest absolute Gasteiger partial charge is 0.295 e. The second kappa shape index (κ2) is 11.3. The van der Waals surface area contributed by atoms with E-state index in [4.69, 9.17) is 9.47 Å². The number of carbonyl (C=O) groups is 2. The maximum Gasteiger partial charge on any atom is 0.295 e. The van der Waals surface area contributed by atoms with E-state index in [0.717, 1.165) is 0 Å². The highest BCUT2D eigenvalue weighted by Gasteiger charge is 2.43. The Labute approximate surface area is 217 Å². The topological polar surface area (TPSA) is 98.6 Å². The van der Waals surface area contributed by atoms with Crippen molar-refractivity contribution in [2.24, 2.45) is 0 Å². The van der Waals surface area contributed by atoms with Gasteiger partial charge in [-0.05, 0) is 63.1 Å². The number of nitrogens with one attached hydrogen (secondary N) is 1. The second-order valence-corrected chi connectivity index (χ2v) is 9.60. The third-order valence-electron chi connectivity index (χ3n) is 6.00. The number of aryl methyl sites for hydroxylation is 1. The summed E-state index contributed by atoms with van der Waals surface area (Å²) in [6, 6.07) is 13.1. The first-order valence-electron chi connectivity index (χ1n) is 12.6. The van der Waals surface area contributed by atoms with Crippen LogP contribution in [0.5, 0.6) is 11.5 Å². The number of ketones is 1. The average Bonchev–Trinajstić information content (AvgIpc) is 3.46. The second-order valence-electron chi connectivity index (χ2n) is 9.60. The number of nitrogens with zero attached hydrogens (tertiary/aromatic N) is 2. The van der Waals surface area contributed by atoms with Crippen molar-refractivity contribution >= 4 is 17.4 Å². The lowest BCUT2D eigenvalue weighted by molar-refractivity contribution is -0.695. The van der Waals surface area contributed by atoms with E-state index in [-0.39, 0.29) is 17.8 Å². The number of H-pyrrole nitrogens is 1. The van der Waals surface area contributed by atoms with Gasteiger partial charge in [0.05, 0.1) is 24.8 Å². The molecule has 3 aromatic rings. The first-order valence-corrected chi connectivity index (χ1v) is 12.6. The molecule has 0 aliphatic carbocycles. The van der Waals surface area contributed by atoms with Crippen LogP contribution in [0.2, 0.25) is 0 Å². The van der Waals surface area contributed by atoms with Gasteiger partial charge < -0.3 is 19.5 Å². The van der Waals surface area contributed by atoms with E-state index >= 15 is 0 Å². The molecule has 2 heterocycles. The lowest BCUT2D eigenvalue weighted by Gasteiger charge is -2.27. The van der Waals surface area contributed by atoms with E-state index in [1.807, 2.05) is 63.1 Å². The molecule has 1 aliphatic rings. The van der Waals surface area contributed by atoms with Crippen LogP contribution in [0, 0.1) is 0 Å². The van der Waals surface area contributed by atoms with Gasteiger partial charge in [0, 0.05) is 18.5 Å².